The zero-order valence-electron chi connectivity index (χ0n) is 17.8. The second kappa shape index (κ2) is 9.22. The highest BCUT2D eigenvalue weighted by Gasteiger charge is 2.17. The lowest BCUT2D eigenvalue weighted by Gasteiger charge is -2.05. The minimum Gasteiger partial charge on any atom is -0.497 e. The molecule has 5 aromatic rings. The first-order valence-electron chi connectivity index (χ1n) is 10.4. The molecule has 1 amide bonds. The number of hydrogen-bond donors (Lipinski definition) is 1. The van der Waals surface area contributed by atoms with Crippen LogP contribution in [-0.2, 0) is 6.42 Å². The average molecular weight is 457 g/mol. The Kier molecular flexibility index (Phi) is 5.82. The van der Waals surface area contributed by atoms with Gasteiger partial charge in [0.25, 0.3) is 5.91 Å². The summed E-state index contributed by atoms with van der Waals surface area (Å²) in [5.74, 6) is 0.653. The van der Waals surface area contributed by atoms with Gasteiger partial charge in [0, 0.05) is 35.4 Å². The van der Waals surface area contributed by atoms with Crippen molar-refractivity contribution in [3.05, 3.63) is 83.5 Å². The number of rotatable bonds is 7. The minimum absolute atomic E-state index is 0.143. The van der Waals surface area contributed by atoms with Crippen molar-refractivity contribution in [2.75, 3.05) is 13.7 Å². The topological polar surface area (TPSA) is 90.1 Å². The van der Waals surface area contributed by atoms with Gasteiger partial charge in [-0.05, 0) is 66.6 Å². The quantitative estimate of drug-likeness (QED) is 0.371. The number of ether oxygens (including phenoxy) is 1. The van der Waals surface area contributed by atoms with Crippen molar-refractivity contribution in [2.45, 2.75) is 6.42 Å². The molecular formula is C25H20N4O3S. The third-order valence-electron chi connectivity index (χ3n) is 5.26. The van der Waals surface area contributed by atoms with Crippen molar-refractivity contribution in [2.24, 2.45) is 0 Å². The Balaban J connectivity index is 1.35. The molecule has 0 radical (unpaired) electrons. The van der Waals surface area contributed by atoms with Crippen LogP contribution in [0, 0.1) is 0 Å². The molecule has 0 saturated heterocycles. The van der Waals surface area contributed by atoms with Crippen LogP contribution in [0.25, 0.3) is 32.9 Å². The fourth-order valence-corrected chi connectivity index (χ4v) is 4.30. The number of nitrogens with zero attached hydrogens (tertiary/aromatic N) is 3. The Morgan fingerprint density at radius 1 is 1.09 bits per heavy atom. The fraction of sp³-hybridized carbons (Fsp3) is 0.120. The van der Waals surface area contributed by atoms with Gasteiger partial charge in [0.05, 0.1) is 12.5 Å². The maximum absolute atomic E-state index is 12.7. The summed E-state index contributed by atoms with van der Waals surface area (Å²) in [6.07, 6.45) is 4.23. The second-order valence-electron chi connectivity index (χ2n) is 7.37. The Hall–Kier alpha value is -4.04. The van der Waals surface area contributed by atoms with Gasteiger partial charge in [-0.3, -0.25) is 9.78 Å². The Morgan fingerprint density at radius 2 is 1.91 bits per heavy atom. The van der Waals surface area contributed by atoms with Gasteiger partial charge < -0.3 is 14.6 Å². The molecule has 0 fully saturated rings. The van der Waals surface area contributed by atoms with Gasteiger partial charge in [0.15, 0.2) is 5.58 Å². The van der Waals surface area contributed by atoms with Gasteiger partial charge in [-0.2, -0.15) is 0 Å². The Bertz CT molecular complexity index is 1390. The van der Waals surface area contributed by atoms with E-state index < -0.39 is 0 Å². The molecule has 164 valence electrons. The number of benzene rings is 2. The number of thiazole rings is 1. The molecule has 33 heavy (non-hydrogen) atoms. The first kappa shape index (κ1) is 20.8. The second-order valence-corrected chi connectivity index (χ2v) is 8.23. The maximum Gasteiger partial charge on any atom is 0.251 e. The number of aromatic nitrogens is 3. The predicted octanol–water partition coefficient (Wildman–Crippen LogP) is 4.99. The number of nitrogens with one attached hydrogen (secondary N) is 1. The summed E-state index contributed by atoms with van der Waals surface area (Å²) in [5.41, 5.74) is 4.60. The summed E-state index contributed by atoms with van der Waals surface area (Å²) in [5, 5.41) is 10.7. The molecule has 8 heteroatoms. The molecule has 0 atom stereocenters. The summed E-state index contributed by atoms with van der Waals surface area (Å²) < 4.78 is 10.7. The fourth-order valence-electron chi connectivity index (χ4n) is 3.49. The summed E-state index contributed by atoms with van der Waals surface area (Å²) in [7, 11) is 1.64. The van der Waals surface area contributed by atoms with Crippen molar-refractivity contribution in [3.63, 3.8) is 0 Å². The van der Waals surface area contributed by atoms with E-state index >= 15 is 0 Å². The molecule has 3 heterocycles. The lowest BCUT2D eigenvalue weighted by atomic mass is 10.1. The monoisotopic (exact) mass is 456 g/mol. The van der Waals surface area contributed by atoms with E-state index in [1.54, 1.807) is 37.7 Å². The van der Waals surface area contributed by atoms with Crippen LogP contribution in [0.5, 0.6) is 5.75 Å². The smallest absolute Gasteiger partial charge is 0.251 e. The number of fused-ring (bicyclic) bond motifs is 1. The van der Waals surface area contributed by atoms with E-state index in [1.807, 2.05) is 41.8 Å². The van der Waals surface area contributed by atoms with Crippen molar-refractivity contribution in [3.8, 4) is 27.7 Å². The summed E-state index contributed by atoms with van der Waals surface area (Å²) >= 11 is 1.53. The average Bonchev–Trinajstić information content (AvgIpc) is 3.51. The first-order valence-corrected chi connectivity index (χ1v) is 11.3. The maximum atomic E-state index is 12.7. The van der Waals surface area contributed by atoms with Gasteiger partial charge in [0.1, 0.15) is 22.1 Å². The van der Waals surface area contributed by atoms with Crippen LogP contribution in [0.2, 0.25) is 0 Å². The molecule has 0 saturated carbocycles. The van der Waals surface area contributed by atoms with Crippen LogP contribution in [0.1, 0.15) is 15.9 Å². The lowest BCUT2D eigenvalue weighted by Crippen LogP contribution is -2.25. The summed E-state index contributed by atoms with van der Waals surface area (Å²) in [6.45, 7) is 0.536. The van der Waals surface area contributed by atoms with E-state index in [1.165, 1.54) is 11.3 Å². The highest BCUT2D eigenvalue weighted by molar-refractivity contribution is 7.13. The molecule has 1 N–H and O–H groups in total. The SMILES string of the molecule is COc1ccc(-c2nc(-c3noc4ccc(C(=O)NCCc5ccncc5)cc34)cs2)cc1. The normalized spacial score (nSPS) is 10.9. The van der Waals surface area contributed by atoms with Gasteiger partial charge in [-0.1, -0.05) is 5.16 Å². The standard InChI is InChI=1S/C25H20N4O3S/c1-31-19-5-2-17(3-6-19)25-28-21(15-33-25)23-20-14-18(4-7-22(20)32-29-23)24(30)27-13-10-16-8-11-26-12-9-16/h2-9,11-12,14-15H,10,13H2,1H3,(H,27,30). The van der Waals surface area contributed by atoms with Crippen LogP contribution < -0.4 is 10.1 Å². The predicted molar refractivity (Wildman–Crippen MR) is 127 cm³/mol. The summed E-state index contributed by atoms with van der Waals surface area (Å²) in [6, 6.07) is 16.9. The van der Waals surface area contributed by atoms with Crippen LogP contribution in [0.15, 0.2) is 76.9 Å². The number of carbonyl (C=O) groups is 1. The molecule has 7 nitrogen and oxygen atoms in total. The van der Waals surface area contributed by atoms with E-state index in [0.717, 1.165) is 33.7 Å². The van der Waals surface area contributed by atoms with Gasteiger partial charge in [-0.25, -0.2) is 4.98 Å². The van der Waals surface area contributed by atoms with Gasteiger partial charge >= 0.3 is 0 Å². The summed E-state index contributed by atoms with van der Waals surface area (Å²) in [4.78, 5) is 21.4. The molecule has 3 aromatic heterocycles. The van der Waals surface area contributed by atoms with Crippen molar-refractivity contribution in [1.82, 2.24) is 20.4 Å². The highest BCUT2D eigenvalue weighted by atomic mass is 32.1. The molecule has 2 aromatic carbocycles. The van der Waals surface area contributed by atoms with E-state index in [2.05, 4.69) is 15.5 Å². The molecule has 0 aliphatic carbocycles. The van der Waals surface area contributed by atoms with E-state index in [9.17, 15) is 4.79 Å². The van der Waals surface area contributed by atoms with E-state index in [0.29, 0.717) is 29.1 Å². The third-order valence-corrected chi connectivity index (χ3v) is 6.16. The number of hydrogen-bond acceptors (Lipinski definition) is 7. The highest BCUT2D eigenvalue weighted by Crippen LogP contribution is 2.33. The van der Waals surface area contributed by atoms with Gasteiger partial charge in [0.2, 0.25) is 0 Å². The molecule has 0 unspecified atom stereocenters. The number of pyridine rings is 1. The number of amides is 1. The van der Waals surface area contributed by atoms with Crippen molar-refractivity contribution < 1.29 is 14.1 Å². The van der Waals surface area contributed by atoms with Crippen LogP contribution in [0.4, 0.5) is 0 Å². The molecule has 0 aliphatic rings. The molecular weight excluding hydrogens is 436 g/mol. The van der Waals surface area contributed by atoms with Gasteiger partial charge in [-0.15, -0.1) is 11.3 Å². The number of carbonyl (C=O) groups excluding carboxylic acids is 1. The van der Waals surface area contributed by atoms with Crippen LogP contribution in [-0.4, -0.2) is 34.7 Å². The molecule has 0 spiro atoms. The van der Waals surface area contributed by atoms with Crippen molar-refractivity contribution in [1.29, 1.82) is 0 Å². The zero-order valence-corrected chi connectivity index (χ0v) is 18.6. The first-order chi connectivity index (χ1) is 16.2. The third kappa shape index (κ3) is 4.47. The van der Waals surface area contributed by atoms with E-state index in [-0.39, 0.29) is 5.91 Å². The molecule has 0 bridgehead atoms. The van der Waals surface area contributed by atoms with Crippen molar-refractivity contribution >= 4 is 28.2 Å². The van der Waals surface area contributed by atoms with Crippen LogP contribution in [0.3, 0.4) is 0 Å². The molecule has 5 rings (SSSR count). The number of methoxy groups -OCH3 is 1. The molecule has 0 aliphatic heterocycles. The minimum atomic E-state index is -0.143. The van der Waals surface area contributed by atoms with Crippen LogP contribution >= 0.6 is 11.3 Å². The largest absolute Gasteiger partial charge is 0.497 e. The van der Waals surface area contributed by atoms with E-state index in [4.69, 9.17) is 14.2 Å². The Labute approximate surface area is 194 Å². The Morgan fingerprint density at radius 3 is 2.70 bits per heavy atom. The lowest BCUT2D eigenvalue weighted by molar-refractivity contribution is 0.0954. The zero-order chi connectivity index (χ0) is 22.6.